The third-order valence-corrected chi connectivity index (χ3v) is 5.30. The van der Waals surface area contributed by atoms with Crippen molar-refractivity contribution in [2.75, 3.05) is 5.32 Å². The molecule has 0 fully saturated rings. The Morgan fingerprint density at radius 1 is 1.08 bits per heavy atom. The fraction of sp³-hybridized carbons (Fsp3) is 0.211. The van der Waals surface area contributed by atoms with Gasteiger partial charge in [-0.3, -0.25) is 10.1 Å². The van der Waals surface area contributed by atoms with E-state index in [1.165, 1.54) is 16.9 Å². The Morgan fingerprint density at radius 2 is 1.80 bits per heavy atom. The van der Waals surface area contributed by atoms with Gasteiger partial charge in [0.1, 0.15) is 5.01 Å². The van der Waals surface area contributed by atoms with Gasteiger partial charge in [0.25, 0.3) is 5.91 Å². The van der Waals surface area contributed by atoms with Crippen LogP contribution in [-0.2, 0) is 6.42 Å². The molecule has 0 atom stereocenters. The minimum absolute atomic E-state index is 0.147. The van der Waals surface area contributed by atoms with Crippen LogP contribution >= 0.6 is 23.1 Å². The van der Waals surface area contributed by atoms with Gasteiger partial charge in [-0.05, 0) is 17.7 Å². The van der Waals surface area contributed by atoms with Gasteiger partial charge in [-0.2, -0.15) is 0 Å². The van der Waals surface area contributed by atoms with Gasteiger partial charge < -0.3 is 0 Å². The minimum Gasteiger partial charge on any atom is -0.296 e. The zero-order chi connectivity index (χ0) is 17.6. The molecule has 0 radical (unpaired) electrons. The normalized spacial score (nSPS) is 10.8. The molecular formula is C19H19N3OS2. The molecule has 0 aliphatic heterocycles. The first-order chi connectivity index (χ1) is 12.1. The fourth-order valence-electron chi connectivity index (χ4n) is 2.32. The van der Waals surface area contributed by atoms with Crippen LogP contribution in [0.3, 0.4) is 0 Å². The highest BCUT2D eigenvalue weighted by Crippen LogP contribution is 2.27. The molecule has 3 aromatic rings. The molecule has 4 nitrogen and oxygen atoms in total. The summed E-state index contributed by atoms with van der Waals surface area (Å²) in [7, 11) is 0. The van der Waals surface area contributed by atoms with E-state index in [1.54, 1.807) is 11.8 Å². The number of anilines is 1. The number of nitrogens with one attached hydrogen (secondary N) is 1. The first-order valence-corrected chi connectivity index (χ1v) is 9.75. The number of carbonyl (C=O) groups excluding carboxylic acids is 1. The van der Waals surface area contributed by atoms with Crippen LogP contribution in [0.1, 0.15) is 34.8 Å². The van der Waals surface area contributed by atoms with Crippen molar-refractivity contribution in [3.8, 4) is 0 Å². The van der Waals surface area contributed by atoms with Gasteiger partial charge >= 0.3 is 0 Å². The molecule has 0 aliphatic carbocycles. The molecule has 1 N–H and O–H groups in total. The molecular weight excluding hydrogens is 350 g/mol. The van der Waals surface area contributed by atoms with Crippen LogP contribution < -0.4 is 5.32 Å². The maximum Gasteiger partial charge on any atom is 0.258 e. The topological polar surface area (TPSA) is 54.9 Å². The summed E-state index contributed by atoms with van der Waals surface area (Å²) in [6.07, 6.45) is 0.716. The van der Waals surface area contributed by atoms with E-state index in [1.807, 2.05) is 42.5 Å². The molecule has 128 valence electrons. The van der Waals surface area contributed by atoms with Crippen molar-refractivity contribution in [1.29, 1.82) is 0 Å². The first-order valence-electron chi connectivity index (χ1n) is 8.05. The van der Waals surface area contributed by atoms with Crippen LogP contribution in [0.2, 0.25) is 0 Å². The lowest BCUT2D eigenvalue weighted by Gasteiger charge is -2.10. The number of nitrogens with zero attached hydrogens (tertiary/aromatic N) is 2. The quantitative estimate of drug-likeness (QED) is 0.629. The van der Waals surface area contributed by atoms with Gasteiger partial charge in [-0.25, -0.2) is 0 Å². The number of rotatable bonds is 6. The van der Waals surface area contributed by atoms with Gasteiger partial charge in [-0.1, -0.05) is 67.6 Å². The standard InChI is InChI=1S/C19H19N3OS2/c1-13(2)24-16-11-7-6-10-15(16)18(23)20-19-22-21-17(25-19)12-14-8-4-3-5-9-14/h3-11,13H,12H2,1-2H3,(H,20,22,23). The number of thioether (sulfide) groups is 1. The average Bonchev–Trinajstić information content (AvgIpc) is 3.02. The monoisotopic (exact) mass is 369 g/mol. The summed E-state index contributed by atoms with van der Waals surface area (Å²) in [4.78, 5) is 13.6. The Labute approximate surface area is 155 Å². The molecule has 0 bridgehead atoms. The van der Waals surface area contributed by atoms with E-state index in [0.29, 0.717) is 22.4 Å². The summed E-state index contributed by atoms with van der Waals surface area (Å²) in [5.74, 6) is -0.147. The van der Waals surface area contributed by atoms with Crippen LogP contribution in [0.25, 0.3) is 0 Å². The van der Waals surface area contributed by atoms with Crippen LogP contribution in [0.5, 0.6) is 0 Å². The second kappa shape index (κ2) is 8.27. The van der Waals surface area contributed by atoms with Gasteiger partial charge in [-0.15, -0.1) is 22.0 Å². The lowest BCUT2D eigenvalue weighted by molar-refractivity contribution is 0.102. The molecule has 2 aromatic carbocycles. The fourth-order valence-corrected chi connectivity index (χ4v) is 4.04. The van der Waals surface area contributed by atoms with Gasteiger partial charge in [0.15, 0.2) is 0 Å². The third kappa shape index (κ3) is 4.90. The Hall–Kier alpha value is -2.18. The molecule has 1 heterocycles. The maximum absolute atomic E-state index is 12.6. The molecule has 0 aliphatic rings. The summed E-state index contributed by atoms with van der Waals surface area (Å²) in [6, 6.07) is 17.7. The molecule has 1 aromatic heterocycles. The summed E-state index contributed by atoms with van der Waals surface area (Å²) >= 11 is 3.09. The molecule has 25 heavy (non-hydrogen) atoms. The van der Waals surface area contributed by atoms with Crippen molar-refractivity contribution in [2.24, 2.45) is 0 Å². The number of benzene rings is 2. The van der Waals surface area contributed by atoms with Crippen molar-refractivity contribution in [2.45, 2.75) is 30.4 Å². The zero-order valence-electron chi connectivity index (χ0n) is 14.1. The van der Waals surface area contributed by atoms with Crippen LogP contribution in [0.15, 0.2) is 59.5 Å². The number of aromatic nitrogens is 2. The Morgan fingerprint density at radius 3 is 2.56 bits per heavy atom. The molecule has 1 amide bonds. The number of hydrogen-bond donors (Lipinski definition) is 1. The Bertz CT molecular complexity index is 847. The second-order valence-corrected chi connectivity index (χ2v) is 8.46. The number of hydrogen-bond acceptors (Lipinski definition) is 5. The predicted molar refractivity (Wildman–Crippen MR) is 105 cm³/mol. The molecule has 3 rings (SSSR count). The van der Waals surface area contributed by atoms with Crippen molar-refractivity contribution in [3.63, 3.8) is 0 Å². The van der Waals surface area contributed by atoms with Crippen molar-refractivity contribution in [1.82, 2.24) is 10.2 Å². The molecule has 0 unspecified atom stereocenters. The van der Waals surface area contributed by atoms with Gasteiger partial charge in [0.2, 0.25) is 5.13 Å². The van der Waals surface area contributed by atoms with E-state index in [4.69, 9.17) is 0 Å². The highest BCUT2D eigenvalue weighted by molar-refractivity contribution is 8.00. The first kappa shape index (κ1) is 17.6. The van der Waals surface area contributed by atoms with Crippen LogP contribution in [0.4, 0.5) is 5.13 Å². The van der Waals surface area contributed by atoms with E-state index in [-0.39, 0.29) is 5.91 Å². The molecule has 0 saturated heterocycles. The predicted octanol–water partition coefficient (Wildman–Crippen LogP) is 4.88. The maximum atomic E-state index is 12.6. The second-order valence-electron chi connectivity index (χ2n) is 5.78. The highest BCUT2D eigenvalue weighted by Gasteiger charge is 2.15. The Balaban J connectivity index is 1.70. The van der Waals surface area contributed by atoms with Gasteiger partial charge in [0, 0.05) is 16.6 Å². The lowest BCUT2D eigenvalue weighted by Crippen LogP contribution is -2.13. The summed E-state index contributed by atoms with van der Waals surface area (Å²) in [5.41, 5.74) is 1.84. The Kier molecular flexibility index (Phi) is 5.83. The van der Waals surface area contributed by atoms with Crippen molar-refractivity contribution in [3.05, 3.63) is 70.7 Å². The molecule has 6 heteroatoms. The van der Waals surface area contributed by atoms with Gasteiger partial charge in [0.05, 0.1) is 5.56 Å². The van der Waals surface area contributed by atoms with E-state index in [2.05, 4.69) is 41.5 Å². The molecule has 0 spiro atoms. The minimum atomic E-state index is -0.147. The van der Waals surface area contributed by atoms with Crippen molar-refractivity contribution < 1.29 is 4.79 Å². The van der Waals surface area contributed by atoms with E-state index >= 15 is 0 Å². The highest BCUT2D eigenvalue weighted by atomic mass is 32.2. The van der Waals surface area contributed by atoms with E-state index in [9.17, 15) is 4.79 Å². The number of amides is 1. The SMILES string of the molecule is CC(C)Sc1ccccc1C(=O)Nc1nnc(Cc2ccccc2)s1. The van der Waals surface area contributed by atoms with E-state index in [0.717, 1.165) is 9.90 Å². The summed E-state index contributed by atoms with van der Waals surface area (Å²) < 4.78 is 0. The largest absolute Gasteiger partial charge is 0.296 e. The smallest absolute Gasteiger partial charge is 0.258 e. The van der Waals surface area contributed by atoms with Crippen LogP contribution in [0, 0.1) is 0 Å². The van der Waals surface area contributed by atoms with Crippen LogP contribution in [-0.4, -0.2) is 21.4 Å². The van der Waals surface area contributed by atoms with Crippen molar-refractivity contribution >= 4 is 34.1 Å². The number of carbonyl (C=O) groups is 1. The van der Waals surface area contributed by atoms with E-state index < -0.39 is 0 Å². The zero-order valence-corrected chi connectivity index (χ0v) is 15.7. The molecule has 0 saturated carbocycles. The lowest BCUT2D eigenvalue weighted by atomic mass is 10.2. The summed E-state index contributed by atoms with van der Waals surface area (Å²) in [5, 5.41) is 13.0. The average molecular weight is 370 g/mol. The third-order valence-electron chi connectivity index (χ3n) is 3.38. The summed E-state index contributed by atoms with van der Waals surface area (Å²) in [6.45, 7) is 4.22.